The Morgan fingerprint density at radius 1 is 1.09 bits per heavy atom. The molecule has 3 amide bonds. The molecule has 0 radical (unpaired) electrons. The number of hydrogen-bond donors (Lipinski definition) is 1. The highest BCUT2D eigenvalue weighted by molar-refractivity contribution is 9.11. The van der Waals surface area contributed by atoms with Crippen molar-refractivity contribution in [2.75, 3.05) is 32.1 Å². The number of likely N-dealkylation sites (tertiary alicyclic amines) is 1. The molecule has 1 fully saturated rings. The van der Waals surface area contributed by atoms with E-state index in [-0.39, 0.29) is 18.5 Å². The van der Waals surface area contributed by atoms with E-state index in [1.165, 1.54) is 7.11 Å². The number of halogens is 2. The van der Waals surface area contributed by atoms with Crippen molar-refractivity contribution in [2.45, 2.75) is 37.8 Å². The van der Waals surface area contributed by atoms with E-state index in [1.54, 1.807) is 4.90 Å². The third kappa shape index (κ3) is 6.35. The van der Waals surface area contributed by atoms with Gasteiger partial charge in [-0.15, -0.1) is 0 Å². The SMILES string of the molecule is COC(=O)C(Cc1cc(Br)cc(Br)c1)OC(=O)N1CCC(N2CCc3ccccc3NC2=O)CC1. The Morgan fingerprint density at radius 3 is 2.46 bits per heavy atom. The first-order valence-corrected chi connectivity index (χ1v) is 13.1. The van der Waals surface area contributed by atoms with Crippen molar-refractivity contribution in [3.63, 3.8) is 0 Å². The monoisotopic (exact) mass is 607 g/mol. The molecular weight excluding hydrogens is 582 g/mol. The van der Waals surface area contributed by atoms with Crippen LogP contribution in [0.2, 0.25) is 0 Å². The average molecular weight is 609 g/mol. The molecule has 2 aromatic carbocycles. The second kappa shape index (κ2) is 11.4. The van der Waals surface area contributed by atoms with Crippen LogP contribution in [0.4, 0.5) is 15.3 Å². The number of urea groups is 1. The van der Waals surface area contributed by atoms with Crippen LogP contribution in [0.3, 0.4) is 0 Å². The lowest BCUT2D eigenvalue weighted by Crippen LogP contribution is -2.50. The first-order valence-electron chi connectivity index (χ1n) is 11.5. The molecular formula is C25H27Br2N3O5. The van der Waals surface area contributed by atoms with Crippen molar-refractivity contribution in [3.05, 3.63) is 62.5 Å². The van der Waals surface area contributed by atoms with Crippen LogP contribution in [0.5, 0.6) is 0 Å². The van der Waals surface area contributed by atoms with Crippen molar-refractivity contribution >= 4 is 55.6 Å². The highest BCUT2D eigenvalue weighted by Gasteiger charge is 2.33. The second-order valence-corrected chi connectivity index (χ2v) is 10.5. The third-order valence-corrected chi connectivity index (χ3v) is 7.27. The van der Waals surface area contributed by atoms with Gasteiger partial charge < -0.3 is 24.6 Å². The van der Waals surface area contributed by atoms with Gasteiger partial charge >= 0.3 is 18.1 Å². The molecule has 1 saturated heterocycles. The minimum absolute atomic E-state index is 0.0313. The first kappa shape index (κ1) is 25.5. The number of nitrogens with one attached hydrogen (secondary N) is 1. The Labute approximate surface area is 221 Å². The van der Waals surface area contributed by atoms with Crippen LogP contribution in [0.1, 0.15) is 24.0 Å². The van der Waals surface area contributed by atoms with Gasteiger partial charge in [0.05, 0.1) is 7.11 Å². The summed E-state index contributed by atoms with van der Waals surface area (Å²) in [5, 5.41) is 3.00. The molecule has 186 valence electrons. The maximum absolute atomic E-state index is 12.9. The average Bonchev–Trinajstić information content (AvgIpc) is 3.00. The van der Waals surface area contributed by atoms with Gasteiger partial charge in [0, 0.05) is 46.7 Å². The number of rotatable bonds is 5. The van der Waals surface area contributed by atoms with E-state index in [2.05, 4.69) is 37.2 Å². The normalized spacial score (nSPS) is 17.2. The molecule has 2 aliphatic heterocycles. The largest absolute Gasteiger partial charge is 0.466 e. The van der Waals surface area contributed by atoms with E-state index in [0.717, 1.165) is 32.2 Å². The summed E-state index contributed by atoms with van der Waals surface area (Å²) >= 11 is 6.86. The molecule has 0 saturated carbocycles. The van der Waals surface area contributed by atoms with Gasteiger partial charge in [0.1, 0.15) is 0 Å². The summed E-state index contributed by atoms with van der Waals surface area (Å²) in [7, 11) is 1.27. The van der Waals surface area contributed by atoms with E-state index in [0.29, 0.717) is 32.5 Å². The summed E-state index contributed by atoms with van der Waals surface area (Å²) in [5.74, 6) is -0.606. The Kier molecular flexibility index (Phi) is 8.33. The fourth-order valence-electron chi connectivity index (χ4n) is 4.54. The quantitative estimate of drug-likeness (QED) is 0.483. The molecule has 10 heteroatoms. The maximum atomic E-state index is 12.9. The summed E-state index contributed by atoms with van der Waals surface area (Å²) in [6, 6.07) is 13.4. The van der Waals surface area contributed by atoms with Crippen LogP contribution < -0.4 is 5.32 Å². The van der Waals surface area contributed by atoms with Crippen LogP contribution >= 0.6 is 31.9 Å². The topological polar surface area (TPSA) is 88.2 Å². The summed E-state index contributed by atoms with van der Waals surface area (Å²) in [6.07, 6.45) is 0.646. The van der Waals surface area contributed by atoms with E-state index in [1.807, 2.05) is 47.4 Å². The molecule has 1 unspecified atom stereocenters. The predicted molar refractivity (Wildman–Crippen MR) is 138 cm³/mol. The number of anilines is 1. The minimum Gasteiger partial charge on any atom is -0.466 e. The van der Waals surface area contributed by atoms with Crippen molar-refractivity contribution < 1.29 is 23.9 Å². The van der Waals surface area contributed by atoms with Crippen molar-refractivity contribution in [1.82, 2.24) is 9.80 Å². The number of ether oxygens (including phenoxy) is 2. The van der Waals surface area contributed by atoms with E-state index >= 15 is 0 Å². The number of esters is 1. The molecule has 2 heterocycles. The summed E-state index contributed by atoms with van der Waals surface area (Å²) in [4.78, 5) is 41.5. The Hall–Kier alpha value is -2.59. The molecule has 0 bridgehead atoms. The predicted octanol–water partition coefficient (Wildman–Crippen LogP) is 4.99. The maximum Gasteiger partial charge on any atom is 0.410 e. The molecule has 2 aliphatic rings. The fraction of sp³-hybridized carbons (Fsp3) is 0.400. The second-order valence-electron chi connectivity index (χ2n) is 8.63. The summed E-state index contributed by atoms with van der Waals surface area (Å²) in [6.45, 7) is 1.51. The molecule has 1 N–H and O–H groups in total. The van der Waals surface area contributed by atoms with Gasteiger partial charge in [-0.3, -0.25) is 0 Å². The molecule has 2 aromatic rings. The number of amides is 3. The summed E-state index contributed by atoms with van der Waals surface area (Å²) in [5.41, 5.74) is 2.80. The number of carbonyl (C=O) groups is 3. The minimum atomic E-state index is -1.05. The number of fused-ring (bicyclic) bond motifs is 1. The summed E-state index contributed by atoms with van der Waals surface area (Å²) < 4.78 is 12.1. The first-order chi connectivity index (χ1) is 16.8. The van der Waals surface area contributed by atoms with Crippen molar-refractivity contribution in [3.8, 4) is 0 Å². The Bertz CT molecular complexity index is 1080. The highest BCUT2D eigenvalue weighted by Crippen LogP contribution is 2.25. The third-order valence-electron chi connectivity index (χ3n) is 6.36. The van der Waals surface area contributed by atoms with Gasteiger partial charge in [0.15, 0.2) is 0 Å². The highest BCUT2D eigenvalue weighted by atomic mass is 79.9. The van der Waals surface area contributed by atoms with Crippen LogP contribution in [0.25, 0.3) is 0 Å². The zero-order valence-corrected chi connectivity index (χ0v) is 22.5. The molecule has 4 rings (SSSR count). The van der Waals surface area contributed by atoms with E-state index in [4.69, 9.17) is 9.47 Å². The van der Waals surface area contributed by atoms with Crippen molar-refractivity contribution in [2.24, 2.45) is 0 Å². The molecule has 0 spiro atoms. The van der Waals surface area contributed by atoms with Crippen LogP contribution in [-0.2, 0) is 27.1 Å². The van der Waals surface area contributed by atoms with E-state index in [9.17, 15) is 14.4 Å². The van der Waals surface area contributed by atoms with Crippen LogP contribution in [0, 0.1) is 0 Å². The Morgan fingerprint density at radius 2 is 1.77 bits per heavy atom. The standard InChI is InChI=1S/C25H27Br2N3O5/c1-34-23(31)22(14-16-12-18(26)15-19(27)13-16)35-25(33)29-9-7-20(8-10-29)30-11-6-17-4-2-3-5-21(17)28-24(30)32/h2-5,12-13,15,20,22H,6-11,14H2,1H3,(H,28,32). The molecule has 8 nitrogen and oxygen atoms in total. The lowest BCUT2D eigenvalue weighted by molar-refractivity contribution is -0.151. The van der Waals surface area contributed by atoms with Gasteiger partial charge in [0.2, 0.25) is 6.10 Å². The molecule has 0 aromatic heterocycles. The van der Waals surface area contributed by atoms with Crippen LogP contribution in [-0.4, -0.2) is 66.8 Å². The molecule has 0 aliphatic carbocycles. The fourth-order valence-corrected chi connectivity index (χ4v) is 5.93. The van der Waals surface area contributed by atoms with Gasteiger partial charge in [-0.2, -0.15) is 0 Å². The zero-order chi connectivity index (χ0) is 24.9. The number of piperidine rings is 1. The number of methoxy groups -OCH3 is 1. The Balaban J connectivity index is 1.34. The number of carbonyl (C=O) groups excluding carboxylic acids is 3. The van der Waals surface area contributed by atoms with Gasteiger partial charge in [-0.05, 0) is 54.7 Å². The number of nitrogens with zero attached hydrogens (tertiary/aromatic N) is 2. The number of hydrogen-bond acceptors (Lipinski definition) is 5. The number of para-hydroxylation sites is 1. The number of benzene rings is 2. The molecule has 1 atom stereocenters. The lowest BCUT2D eigenvalue weighted by Gasteiger charge is -2.37. The zero-order valence-electron chi connectivity index (χ0n) is 19.3. The molecule has 35 heavy (non-hydrogen) atoms. The van der Waals surface area contributed by atoms with Crippen LogP contribution in [0.15, 0.2) is 51.4 Å². The van der Waals surface area contributed by atoms with Gasteiger partial charge in [-0.1, -0.05) is 50.1 Å². The van der Waals surface area contributed by atoms with Gasteiger partial charge in [-0.25, -0.2) is 14.4 Å². The van der Waals surface area contributed by atoms with Gasteiger partial charge in [0.25, 0.3) is 0 Å². The van der Waals surface area contributed by atoms with Crippen molar-refractivity contribution in [1.29, 1.82) is 0 Å². The lowest BCUT2D eigenvalue weighted by atomic mass is 10.0. The smallest absolute Gasteiger partial charge is 0.410 e. The van der Waals surface area contributed by atoms with E-state index < -0.39 is 18.2 Å².